The number of rotatable bonds is 4. The summed E-state index contributed by atoms with van der Waals surface area (Å²) in [6, 6.07) is 0.784. The molecule has 1 N–H and O–H groups in total. The summed E-state index contributed by atoms with van der Waals surface area (Å²) in [5, 5.41) is 10.0. The van der Waals surface area contributed by atoms with Crippen LogP contribution in [-0.2, 0) is 0 Å². The van der Waals surface area contributed by atoms with Gasteiger partial charge in [0.25, 0.3) is 0 Å². The zero-order chi connectivity index (χ0) is 13.9. The zero-order valence-corrected chi connectivity index (χ0v) is 12.3. The zero-order valence-electron chi connectivity index (χ0n) is 11.6. The van der Waals surface area contributed by atoms with Gasteiger partial charge in [-0.2, -0.15) is 0 Å². The molecule has 0 bridgehead atoms. The van der Waals surface area contributed by atoms with Gasteiger partial charge in [-0.25, -0.2) is 9.97 Å². The normalized spacial score (nSPS) is 27.4. The van der Waals surface area contributed by atoms with Crippen LogP contribution in [0.15, 0.2) is 12.4 Å². The van der Waals surface area contributed by atoms with Crippen molar-refractivity contribution >= 4 is 17.5 Å². The maximum Gasteiger partial charge on any atom is 0.225 e. The van der Waals surface area contributed by atoms with E-state index in [0.29, 0.717) is 17.1 Å². The minimum absolute atomic E-state index is 0.268. The smallest absolute Gasteiger partial charge is 0.225 e. The van der Waals surface area contributed by atoms with Crippen molar-refractivity contribution in [2.45, 2.75) is 37.8 Å². The van der Waals surface area contributed by atoms with Gasteiger partial charge in [0.1, 0.15) is 0 Å². The Labute approximate surface area is 124 Å². The molecule has 0 radical (unpaired) electrons. The molecule has 3 rings (SSSR count). The molecule has 20 heavy (non-hydrogen) atoms. The van der Waals surface area contributed by atoms with E-state index in [-0.39, 0.29) is 6.61 Å². The maximum atomic E-state index is 9.43. The van der Waals surface area contributed by atoms with Crippen molar-refractivity contribution in [3.8, 4) is 0 Å². The summed E-state index contributed by atoms with van der Waals surface area (Å²) in [5.74, 6) is 0.775. The molecule has 5 nitrogen and oxygen atoms in total. The second-order valence-electron chi connectivity index (χ2n) is 5.66. The van der Waals surface area contributed by atoms with Gasteiger partial charge in [-0.1, -0.05) is 11.6 Å². The summed E-state index contributed by atoms with van der Waals surface area (Å²) in [4.78, 5) is 13.4. The standard InChI is InChI=1S/C14H21ClN4O/c15-11-7-16-14(17-8-11)19-6-2-3-12(19)9-18-5-1-4-13(18)10-20/h7-8,12-13,20H,1-6,9-10H2/t12-,13+/m0/s1. The van der Waals surface area contributed by atoms with E-state index in [0.717, 1.165) is 32.0 Å². The highest BCUT2D eigenvalue weighted by molar-refractivity contribution is 6.30. The minimum atomic E-state index is 0.268. The topological polar surface area (TPSA) is 52.5 Å². The predicted molar refractivity (Wildman–Crippen MR) is 79.1 cm³/mol. The lowest BCUT2D eigenvalue weighted by molar-refractivity contribution is 0.153. The molecule has 0 saturated carbocycles. The van der Waals surface area contributed by atoms with E-state index >= 15 is 0 Å². The van der Waals surface area contributed by atoms with Crippen LogP contribution >= 0.6 is 11.6 Å². The largest absolute Gasteiger partial charge is 0.395 e. The molecular formula is C14H21ClN4O. The maximum absolute atomic E-state index is 9.43. The van der Waals surface area contributed by atoms with Crippen molar-refractivity contribution in [1.29, 1.82) is 0 Å². The van der Waals surface area contributed by atoms with E-state index in [2.05, 4.69) is 19.8 Å². The van der Waals surface area contributed by atoms with E-state index in [9.17, 15) is 5.11 Å². The van der Waals surface area contributed by atoms with E-state index < -0.39 is 0 Å². The van der Waals surface area contributed by atoms with Crippen molar-refractivity contribution < 1.29 is 5.11 Å². The van der Waals surface area contributed by atoms with Gasteiger partial charge >= 0.3 is 0 Å². The van der Waals surface area contributed by atoms with Crippen molar-refractivity contribution in [3.63, 3.8) is 0 Å². The molecule has 0 amide bonds. The number of aromatic nitrogens is 2. The van der Waals surface area contributed by atoms with Crippen LogP contribution in [0.25, 0.3) is 0 Å². The first-order valence-electron chi connectivity index (χ1n) is 7.37. The SMILES string of the molecule is OC[C@H]1CCCN1C[C@@H]1CCCN1c1ncc(Cl)cn1. The molecule has 3 heterocycles. The molecule has 2 aliphatic rings. The van der Waals surface area contributed by atoms with Gasteiger partial charge in [0.05, 0.1) is 24.0 Å². The second kappa shape index (κ2) is 6.24. The molecular weight excluding hydrogens is 276 g/mol. The quantitative estimate of drug-likeness (QED) is 0.914. The minimum Gasteiger partial charge on any atom is -0.395 e. The molecule has 2 saturated heterocycles. The Kier molecular flexibility index (Phi) is 4.38. The molecule has 2 fully saturated rings. The van der Waals surface area contributed by atoms with Crippen LogP contribution in [0.2, 0.25) is 5.02 Å². The summed E-state index contributed by atoms with van der Waals surface area (Å²) in [5.41, 5.74) is 0. The second-order valence-corrected chi connectivity index (χ2v) is 6.10. The Morgan fingerprint density at radius 1 is 1.15 bits per heavy atom. The molecule has 0 spiro atoms. The molecule has 110 valence electrons. The molecule has 1 aromatic heterocycles. The molecule has 2 atom stereocenters. The third-order valence-corrected chi connectivity index (χ3v) is 4.59. The fourth-order valence-electron chi connectivity index (χ4n) is 3.36. The van der Waals surface area contributed by atoms with Crippen LogP contribution in [0.1, 0.15) is 25.7 Å². The lowest BCUT2D eigenvalue weighted by Crippen LogP contribution is -2.44. The van der Waals surface area contributed by atoms with Gasteiger partial charge in [-0.15, -0.1) is 0 Å². The molecule has 2 aliphatic heterocycles. The van der Waals surface area contributed by atoms with Crippen molar-refractivity contribution in [1.82, 2.24) is 14.9 Å². The van der Waals surface area contributed by atoms with Gasteiger partial charge < -0.3 is 10.0 Å². The summed E-state index contributed by atoms with van der Waals surface area (Å²) in [7, 11) is 0. The predicted octanol–water partition coefficient (Wildman–Crippen LogP) is 1.56. The van der Waals surface area contributed by atoms with Crippen molar-refractivity contribution in [3.05, 3.63) is 17.4 Å². The fraction of sp³-hybridized carbons (Fsp3) is 0.714. The van der Waals surface area contributed by atoms with Gasteiger partial charge in [-0.05, 0) is 32.2 Å². The van der Waals surface area contributed by atoms with E-state index in [4.69, 9.17) is 11.6 Å². The highest BCUT2D eigenvalue weighted by Gasteiger charge is 2.32. The number of likely N-dealkylation sites (tertiary alicyclic amines) is 1. The highest BCUT2D eigenvalue weighted by atomic mass is 35.5. The third-order valence-electron chi connectivity index (χ3n) is 4.40. The summed E-state index contributed by atoms with van der Waals surface area (Å²) in [6.45, 7) is 3.36. The van der Waals surface area contributed by atoms with Crippen LogP contribution in [0.3, 0.4) is 0 Å². The summed E-state index contributed by atoms with van der Waals surface area (Å²) >= 11 is 5.85. The Bertz CT molecular complexity index is 441. The number of hydrogen-bond donors (Lipinski definition) is 1. The summed E-state index contributed by atoms with van der Waals surface area (Å²) in [6.07, 6.45) is 7.96. The average molecular weight is 297 g/mol. The third kappa shape index (κ3) is 2.90. The Morgan fingerprint density at radius 2 is 1.85 bits per heavy atom. The molecule has 0 aliphatic carbocycles. The number of nitrogens with zero attached hydrogens (tertiary/aromatic N) is 4. The average Bonchev–Trinajstić information content (AvgIpc) is 3.09. The fourth-order valence-corrected chi connectivity index (χ4v) is 3.45. The Hall–Kier alpha value is -0.910. The molecule has 6 heteroatoms. The van der Waals surface area contributed by atoms with Gasteiger partial charge in [-0.3, -0.25) is 4.90 Å². The molecule has 0 unspecified atom stereocenters. The van der Waals surface area contributed by atoms with Gasteiger partial charge in [0.15, 0.2) is 0 Å². The van der Waals surface area contributed by atoms with Crippen LogP contribution < -0.4 is 4.90 Å². The lowest BCUT2D eigenvalue weighted by Gasteiger charge is -2.31. The molecule has 0 aromatic carbocycles. The van der Waals surface area contributed by atoms with Crippen molar-refractivity contribution in [2.24, 2.45) is 0 Å². The lowest BCUT2D eigenvalue weighted by atomic mass is 10.2. The first-order chi connectivity index (χ1) is 9.78. The Morgan fingerprint density at radius 3 is 2.60 bits per heavy atom. The van der Waals surface area contributed by atoms with E-state index in [1.165, 1.54) is 19.3 Å². The highest BCUT2D eigenvalue weighted by Crippen LogP contribution is 2.26. The first kappa shape index (κ1) is 14.0. The monoisotopic (exact) mass is 296 g/mol. The van der Waals surface area contributed by atoms with Gasteiger partial charge in [0, 0.05) is 25.2 Å². The number of hydrogen-bond acceptors (Lipinski definition) is 5. The van der Waals surface area contributed by atoms with Gasteiger partial charge in [0.2, 0.25) is 5.95 Å². The van der Waals surface area contributed by atoms with Crippen LogP contribution in [0.5, 0.6) is 0 Å². The van der Waals surface area contributed by atoms with E-state index in [1.807, 2.05) is 0 Å². The Balaban J connectivity index is 1.67. The number of aliphatic hydroxyl groups is 1. The van der Waals surface area contributed by atoms with E-state index in [1.54, 1.807) is 12.4 Å². The number of aliphatic hydroxyl groups excluding tert-OH is 1. The number of anilines is 1. The molecule has 1 aromatic rings. The first-order valence-corrected chi connectivity index (χ1v) is 7.75. The van der Waals surface area contributed by atoms with Crippen LogP contribution in [-0.4, -0.2) is 58.3 Å². The van der Waals surface area contributed by atoms with Crippen LogP contribution in [0.4, 0.5) is 5.95 Å². The number of halogens is 1. The van der Waals surface area contributed by atoms with Crippen LogP contribution in [0, 0.1) is 0 Å². The summed E-state index contributed by atoms with van der Waals surface area (Å²) < 4.78 is 0. The van der Waals surface area contributed by atoms with Crippen molar-refractivity contribution in [2.75, 3.05) is 31.1 Å².